The molecule has 0 aliphatic rings. The lowest BCUT2D eigenvalue weighted by molar-refractivity contribution is 0.103. The highest BCUT2D eigenvalue weighted by atomic mass is 16.5. The SMILES string of the molecule is COc1ccc(C(=O)c2cnn3c(-c4cccnc4)ccnc23)nc1. The van der Waals surface area contributed by atoms with Crippen LogP contribution in [-0.2, 0) is 0 Å². The lowest BCUT2D eigenvalue weighted by Gasteiger charge is -2.04. The molecule has 4 aromatic rings. The molecular weight excluding hydrogens is 318 g/mol. The van der Waals surface area contributed by atoms with Crippen molar-refractivity contribution >= 4 is 11.4 Å². The number of hydrogen-bond acceptors (Lipinski definition) is 6. The normalized spacial score (nSPS) is 10.8. The molecule has 0 amide bonds. The summed E-state index contributed by atoms with van der Waals surface area (Å²) in [7, 11) is 1.55. The van der Waals surface area contributed by atoms with E-state index in [1.165, 1.54) is 12.4 Å². The maximum atomic E-state index is 12.8. The second-order valence-corrected chi connectivity index (χ2v) is 5.28. The number of nitrogens with zero attached hydrogens (tertiary/aromatic N) is 5. The molecule has 0 bridgehead atoms. The summed E-state index contributed by atoms with van der Waals surface area (Å²) in [5, 5.41) is 4.33. The van der Waals surface area contributed by atoms with Crippen molar-refractivity contribution in [2.75, 3.05) is 7.11 Å². The predicted octanol–water partition coefficient (Wildman–Crippen LogP) is 2.43. The third-order valence-corrected chi connectivity index (χ3v) is 3.81. The molecule has 4 aromatic heterocycles. The number of fused-ring (bicyclic) bond motifs is 1. The van der Waals surface area contributed by atoms with Crippen LogP contribution in [0.5, 0.6) is 5.75 Å². The summed E-state index contributed by atoms with van der Waals surface area (Å²) in [6.45, 7) is 0. The van der Waals surface area contributed by atoms with Crippen LogP contribution in [0.1, 0.15) is 16.1 Å². The van der Waals surface area contributed by atoms with Gasteiger partial charge in [-0.1, -0.05) is 0 Å². The largest absolute Gasteiger partial charge is 0.495 e. The number of carbonyl (C=O) groups is 1. The second kappa shape index (κ2) is 6.12. The van der Waals surface area contributed by atoms with Gasteiger partial charge in [0.2, 0.25) is 5.78 Å². The zero-order chi connectivity index (χ0) is 17.2. The summed E-state index contributed by atoms with van der Waals surface area (Å²) in [6.07, 6.45) is 8.11. The van der Waals surface area contributed by atoms with E-state index >= 15 is 0 Å². The Morgan fingerprint density at radius 3 is 2.68 bits per heavy atom. The molecule has 0 aromatic carbocycles. The van der Waals surface area contributed by atoms with Crippen molar-refractivity contribution in [3.63, 3.8) is 0 Å². The monoisotopic (exact) mass is 331 g/mol. The topological polar surface area (TPSA) is 82.3 Å². The minimum atomic E-state index is -0.242. The van der Waals surface area contributed by atoms with Crippen LogP contribution in [0, 0.1) is 0 Å². The Balaban J connectivity index is 1.80. The minimum absolute atomic E-state index is 0.242. The van der Waals surface area contributed by atoms with Gasteiger partial charge in [-0.25, -0.2) is 14.5 Å². The van der Waals surface area contributed by atoms with Gasteiger partial charge in [-0.3, -0.25) is 9.78 Å². The van der Waals surface area contributed by atoms with E-state index in [2.05, 4.69) is 20.1 Å². The average Bonchev–Trinajstić information content (AvgIpc) is 3.12. The van der Waals surface area contributed by atoms with Gasteiger partial charge in [-0.05, 0) is 30.3 Å². The molecule has 7 nitrogen and oxygen atoms in total. The Bertz CT molecular complexity index is 1040. The molecule has 0 spiro atoms. The highest BCUT2D eigenvalue weighted by Gasteiger charge is 2.18. The number of aromatic nitrogens is 5. The van der Waals surface area contributed by atoms with Crippen molar-refractivity contribution in [3.05, 3.63) is 72.6 Å². The van der Waals surface area contributed by atoms with Crippen LogP contribution < -0.4 is 4.74 Å². The standard InChI is InChI=1S/C18H13N5O2/c1-25-13-4-5-15(21-10-13)17(24)14-11-22-23-16(6-8-20-18(14)23)12-3-2-7-19-9-12/h2-11H,1H3. The van der Waals surface area contributed by atoms with E-state index < -0.39 is 0 Å². The lowest BCUT2D eigenvalue weighted by Crippen LogP contribution is -2.05. The summed E-state index contributed by atoms with van der Waals surface area (Å²) in [6, 6.07) is 8.92. The first-order valence-corrected chi connectivity index (χ1v) is 7.56. The zero-order valence-electron chi connectivity index (χ0n) is 13.3. The van der Waals surface area contributed by atoms with Crippen molar-refractivity contribution in [1.82, 2.24) is 24.6 Å². The van der Waals surface area contributed by atoms with E-state index in [4.69, 9.17) is 4.74 Å². The Morgan fingerprint density at radius 1 is 1.04 bits per heavy atom. The van der Waals surface area contributed by atoms with E-state index in [1.54, 1.807) is 42.3 Å². The highest BCUT2D eigenvalue weighted by Crippen LogP contribution is 2.21. The first-order valence-electron chi connectivity index (χ1n) is 7.56. The van der Waals surface area contributed by atoms with E-state index in [0.29, 0.717) is 22.7 Å². The Morgan fingerprint density at radius 2 is 1.96 bits per heavy atom. The van der Waals surface area contributed by atoms with E-state index in [9.17, 15) is 4.79 Å². The molecule has 0 radical (unpaired) electrons. The Labute approximate surface area is 143 Å². The van der Waals surface area contributed by atoms with Crippen molar-refractivity contribution < 1.29 is 9.53 Å². The second-order valence-electron chi connectivity index (χ2n) is 5.28. The Hall–Kier alpha value is -3.61. The van der Waals surface area contributed by atoms with Crippen molar-refractivity contribution in [2.45, 2.75) is 0 Å². The molecule has 0 aliphatic carbocycles. The number of methoxy groups -OCH3 is 1. The van der Waals surface area contributed by atoms with Crippen LogP contribution in [0.4, 0.5) is 0 Å². The van der Waals surface area contributed by atoms with Crippen LogP contribution in [0.2, 0.25) is 0 Å². The molecule has 25 heavy (non-hydrogen) atoms. The third-order valence-electron chi connectivity index (χ3n) is 3.81. The van der Waals surface area contributed by atoms with Crippen molar-refractivity contribution in [2.24, 2.45) is 0 Å². The van der Waals surface area contributed by atoms with Gasteiger partial charge in [0, 0.05) is 24.2 Å². The lowest BCUT2D eigenvalue weighted by atomic mass is 10.1. The van der Waals surface area contributed by atoms with E-state index in [0.717, 1.165) is 11.3 Å². The molecule has 4 heterocycles. The van der Waals surface area contributed by atoms with Gasteiger partial charge in [0.25, 0.3) is 0 Å². The zero-order valence-corrected chi connectivity index (χ0v) is 13.3. The number of rotatable bonds is 4. The molecule has 7 heteroatoms. The number of ether oxygens (including phenoxy) is 1. The molecule has 4 rings (SSSR count). The minimum Gasteiger partial charge on any atom is -0.495 e. The summed E-state index contributed by atoms with van der Waals surface area (Å²) in [5.41, 5.74) is 2.87. The van der Waals surface area contributed by atoms with Crippen LogP contribution in [0.3, 0.4) is 0 Å². The molecule has 0 atom stereocenters. The van der Waals surface area contributed by atoms with Crippen LogP contribution in [-0.4, -0.2) is 37.5 Å². The van der Waals surface area contributed by atoms with Gasteiger partial charge < -0.3 is 4.74 Å². The molecule has 0 aliphatic heterocycles. The first-order chi connectivity index (χ1) is 12.3. The fourth-order valence-corrected chi connectivity index (χ4v) is 2.56. The van der Waals surface area contributed by atoms with E-state index in [-0.39, 0.29) is 5.78 Å². The van der Waals surface area contributed by atoms with Gasteiger partial charge in [0.1, 0.15) is 11.4 Å². The maximum Gasteiger partial charge on any atom is 0.216 e. The fourth-order valence-electron chi connectivity index (χ4n) is 2.56. The number of pyridine rings is 2. The first kappa shape index (κ1) is 14.9. The number of hydrogen-bond donors (Lipinski definition) is 0. The van der Waals surface area contributed by atoms with Gasteiger partial charge in [-0.2, -0.15) is 5.10 Å². The Kier molecular flexibility index (Phi) is 3.66. The molecule has 0 saturated carbocycles. The van der Waals surface area contributed by atoms with Gasteiger partial charge in [0.15, 0.2) is 5.65 Å². The van der Waals surface area contributed by atoms with Crippen LogP contribution >= 0.6 is 0 Å². The van der Waals surface area contributed by atoms with Crippen LogP contribution in [0.15, 0.2) is 61.3 Å². The third kappa shape index (κ3) is 2.61. The van der Waals surface area contributed by atoms with Crippen molar-refractivity contribution in [1.29, 1.82) is 0 Å². The highest BCUT2D eigenvalue weighted by molar-refractivity contribution is 6.11. The summed E-state index contributed by atoms with van der Waals surface area (Å²) >= 11 is 0. The maximum absolute atomic E-state index is 12.8. The number of ketones is 1. The molecule has 122 valence electrons. The summed E-state index contributed by atoms with van der Waals surface area (Å²) in [5.74, 6) is 0.349. The van der Waals surface area contributed by atoms with Gasteiger partial charge in [-0.15, -0.1) is 0 Å². The molecule has 0 saturated heterocycles. The molecular formula is C18H13N5O2. The summed E-state index contributed by atoms with van der Waals surface area (Å²) in [4.78, 5) is 25.3. The average molecular weight is 331 g/mol. The number of carbonyl (C=O) groups excluding carboxylic acids is 1. The quantitative estimate of drug-likeness (QED) is 0.534. The van der Waals surface area contributed by atoms with Crippen LogP contribution in [0.25, 0.3) is 16.9 Å². The summed E-state index contributed by atoms with van der Waals surface area (Å²) < 4.78 is 6.70. The predicted molar refractivity (Wildman–Crippen MR) is 90.4 cm³/mol. The van der Waals surface area contributed by atoms with Crippen molar-refractivity contribution in [3.8, 4) is 17.0 Å². The van der Waals surface area contributed by atoms with Gasteiger partial charge in [0.05, 0.1) is 30.8 Å². The molecule has 0 N–H and O–H groups in total. The fraction of sp³-hybridized carbons (Fsp3) is 0.0556. The molecule has 0 unspecified atom stereocenters. The molecule has 0 fully saturated rings. The van der Waals surface area contributed by atoms with E-state index in [1.807, 2.05) is 18.2 Å². The van der Waals surface area contributed by atoms with Gasteiger partial charge >= 0.3 is 0 Å². The smallest absolute Gasteiger partial charge is 0.216 e.